The van der Waals surface area contributed by atoms with Crippen molar-refractivity contribution in [1.82, 2.24) is 10.2 Å². The van der Waals surface area contributed by atoms with E-state index in [1.165, 1.54) is 5.56 Å². The maximum Gasteiger partial charge on any atom is 0.193 e. The maximum atomic E-state index is 5.56. The lowest BCUT2D eigenvalue weighted by Crippen LogP contribution is -2.38. The topological polar surface area (TPSA) is 46.1 Å². The van der Waals surface area contributed by atoms with E-state index in [1.54, 1.807) is 0 Å². The zero-order chi connectivity index (χ0) is 17.8. The lowest BCUT2D eigenvalue weighted by molar-refractivity contribution is 0.0782. The molecule has 0 fully saturated rings. The Balaban J connectivity index is 0.00000576. The highest BCUT2D eigenvalue weighted by atomic mass is 127. The number of benzene rings is 1. The van der Waals surface area contributed by atoms with Crippen LogP contribution in [0.4, 0.5) is 0 Å². The number of nitrogens with zero attached hydrogens (tertiary/aromatic N) is 2. The highest BCUT2D eigenvalue weighted by Gasteiger charge is 2.06. The third-order valence-corrected chi connectivity index (χ3v) is 3.37. The molecule has 0 aliphatic heterocycles. The van der Waals surface area contributed by atoms with Crippen molar-refractivity contribution in [3.05, 3.63) is 29.8 Å². The Kier molecular flexibility index (Phi) is 13.6. The van der Waals surface area contributed by atoms with Gasteiger partial charge in [0, 0.05) is 33.3 Å². The molecule has 0 aromatic heterocycles. The number of hydrogen-bond donors (Lipinski definition) is 1. The summed E-state index contributed by atoms with van der Waals surface area (Å²) in [6.07, 6.45) is 1.22. The van der Waals surface area contributed by atoms with E-state index in [0.717, 1.165) is 44.4 Å². The fraction of sp³-hybridized carbons (Fsp3) is 0.632. The molecule has 0 saturated carbocycles. The van der Waals surface area contributed by atoms with Crippen molar-refractivity contribution in [3.8, 4) is 5.75 Å². The van der Waals surface area contributed by atoms with E-state index < -0.39 is 0 Å². The van der Waals surface area contributed by atoms with Crippen LogP contribution in [0.1, 0.15) is 39.7 Å². The zero-order valence-electron chi connectivity index (χ0n) is 16.2. The molecule has 0 bridgehead atoms. The summed E-state index contributed by atoms with van der Waals surface area (Å²) < 4.78 is 11.0. The third kappa shape index (κ3) is 10.5. The van der Waals surface area contributed by atoms with E-state index in [1.807, 2.05) is 19.1 Å². The number of nitrogens with one attached hydrogen (secondary N) is 1. The van der Waals surface area contributed by atoms with Gasteiger partial charge in [0.1, 0.15) is 5.75 Å². The Morgan fingerprint density at radius 1 is 1.20 bits per heavy atom. The summed E-state index contributed by atoms with van der Waals surface area (Å²) in [6, 6.07) is 8.23. The average molecular weight is 463 g/mol. The number of guanidine groups is 1. The first kappa shape index (κ1) is 24.0. The molecule has 0 radical (unpaired) electrons. The van der Waals surface area contributed by atoms with Crippen LogP contribution in [0.3, 0.4) is 0 Å². The minimum atomic E-state index is 0. The van der Waals surface area contributed by atoms with Gasteiger partial charge in [-0.2, -0.15) is 0 Å². The smallest absolute Gasteiger partial charge is 0.193 e. The summed E-state index contributed by atoms with van der Waals surface area (Å²) in [5, 5.41) is 3.34. The molecular formula is C19H34IN3O2. The van der Waals surface area contributed by atoms with E-state index in [2.05, 4.69) is 55.2 Å². The Morgan fingerprint density at radius 2 is 1.88 bits per heavy atom. The fourth-order valence-electron chi connectivity index (χ4n) is 2.24. The Bertz CT molecular complexity index is 478. The predicted molar refractivity (Wildman–Crippen MR) is 116 cm³/mol. The van der Waals surface area contributed by atoms with Gasteiger partial charge in [-0.25, -0.2) is 0 Å². The Hall–Kier alpha value is -1.02. The van der Waals surface area contributed by atoms with E-state index >= 15 is 0 Å². The van der Waals surface area contributed by atoms with Crippen molar-refractivity contribution >= 4 is 29.9 Å². The molecule has 0 amide bonds. The van der Waals surface area contributed by atoms with Crippen molar-refractivity contribution in [2.75, 3.05) is 33.4 Å². The highest BCUT2D eigenvalue weighted by molar-refractivity contribution is 14.0. The van der Waals surface area contributed by atoms with Gasteiger partial charge in [0.2, 0.25) is 0 Å². The molecule has 1 aromatic rings. The summed E-state index contributed by atoms with van der Waals surface area (Å²) in [6.45, 7) is 12.1. The summed E-state index contributed by atoms with van der Waals surface area (Å²) in [4.78, 5) is 6.82. The van der Waals surface area contributed by atoms with E-state index in [9.17, 15) is 0 Å². The van der Waals surface area contributed by atoms with Gasteiger partial charge < -0.3 is 19.7 Å². The first-order valence-electron chi connectivity index (χ1n) is 8.89. The van der Waals surface area contributed by atoms with Crippen LogP contribution in [-0.4, -0.2) is 50.3 Å². The minimum absolute atomic E-state index is 0. The van der Waals surface area contributed by atoms with E-state index in [4.69, 9.17) is 9.47 Å². The van der Waals surface area contributed by atoms with Crippen molar-refractivity contribution < 1.29 is 9.47 Å². The van der Waals surface area contributed by atoms with Gasteiger partial charge in [0.15, 0.2) is 5.96 Å². The van der Waals surface area contributed by atoms with Gasteiger partial charge in [-0.15, -0.1) is 24.0 Å². The maximum absolute atomic E-state index is 5.56. The number of aliphatic imine (C=N–C) groups is 1. The quantitative estimate of drug-likeness (QED) is 0.247. The van der Waals surface area contributed by atoms with Crippen LogP contribution in [0.25, 0.3) is 0 Å². The van der Waals surface area contributed by atoms with Crippen LogP contribution >= 0.6 is 24.0 Å². The molecule has 1 aromatic carbocycles. The van der Waals surface area contributed by atoms with Gasteiger partial charge >= 0.3 is 0 Å². The predicted octanol–water partition coefficient (Wildman–Crippen LogP) is 3.92. The Labute approximate surface area is 170 Å². The van der Waals surface area contributed by atoms with Gasteiger partial charge in [0.25, 0.3) is 0 Å². The van der Waals surface area contributed by atoms with Crippen LogP contribution in [0.15, 0.2) is 29.3 Å². The SMILES string of the molecule is CCNC(=NCCCOC(C)C)N(C)Cc1ccc(OCC)cc1.I. The highest BCUT2D eigenvalue weighted by Crippen LogP contribution is 2.13. The largest absolute Gasteiger partial charge is 0.494 e. The van der Waals surface area contributed by atoms with Crippen LogP contribution < -0.4 is 10.1 Å². The second-order valence-corrected chi connectivity index (χ2v) is 5.94. The number of ether oxygens (including phenoxy) is 2. The summed E-state index contributed by atoms with van der Waals surface area (Å²) in [5.41, 5.74) is 1.23. The number of rotatable bonds is 10. The molecule has 6 heteroatoms. The molecule has 25 heavy (non-hydrogen) atoms. The molecule has 0 unspecified atom stereocenters. The van der Waals surface area contributed by atoms with Crippen LogP contribution in [-0.2, 0) is 11.3 Å². The lowest BCUT2D eigenvalue weighted by atomic mass is 10.2. The summed E-state index contributed by atoms with van der Waals surface area (Å²) in [7, 11) is 2.06. The summed E-state index contributed by atoms with van der Waals surface area (Å²) >= 11 is 0. The molecule has 0 heterocycles. The molecule has 1 N–H and O–H groups in total. The van der Waals surface area contributed by atoms with Crippen molar-refractivity contribution in [2.45, 2.75) is 46.8 Å². The fourth-order valence-corrected chi connectivity index (χ4v) is 2.24. The monoisotopic (exact) mass is 463 g/mol. The second-order valence-electron chi connectivity index (χ2n) is 5.94. The molecule has 5 nitrogen and oxygen atoms in total. The molecule has 0 saturated heterocycles. The molecule has 0 spiro atoms. The molecule has 0 atom stereocenters. The first-order chi connectivity index (χ1) is 11.6. The van der Waals surface area contributed by atoms with Crippen LogP contribution in [0.5, 0.6) is 5.75 Å². The van der Waals surface area contributed by atoms with Gasteiger partial charge in [0.05, 0.1) is 12.7 Å². The van der Waals surface area contributed by atoms with Gasteiger partial charge in [-0.3, -0.25) is 4.99 Å². The van der Waals surface area contributed by atoms with E-state index in [0.29, 0.717) is 6.61 Å². The zero-order valence-corrected chi connectivity index (χ0v) is 18.6. The average Bonchev–Trinajstić information content (AvgIpc) is 2.55. The number of hydrogen-bond acceptors (Lipinski definition) is 3. The number of halogens is 1. The molecule has 144 valence electrons. The normalized spacial score (nSPS) is 11.2. The second kappa shape index (κ2) is 14.2. The Morgan fingerprint density at radius 3 is 2.44 bits per heavy atom. The minimum Gasteiger partial charge on any atom is -0.494 e. The molecule has 0 aliphatic carbocycles. The molecule has 1 rings (SSSR count). The van der Waals surface area contributed by atoms with Crippen LogP contribution in [0.2, 0.25) is 0 Å². The van der Waals surface area contributed by atoms with E-state index in [-0.39, 0.29) is 30.1 Å². The van der Waals surface area contributed by atoms with Gasteiger partial charge in [-0.05, 0) is 51.8 Å². The first-order valence-corrected chi connectivity index (χ1v) is 8.89. The van der Waals surface area contributed by atoms with Crippen LogP contribution in [0, 0.1) is 0 Å². The standard InChI is InChI=1S/C19H33N3O2.HI/c1-6-20-19(21-13-8-14-24-16(3)4)22(5)15-17-9-11-18(12-10-17)23-7-2;/h9-12,16H,6-8,13-15H2,1-5H3,(H,20,21);1H. The summed E-state index contributed by atoms with van der Waals surface area (Å²) in [5.74, 6) is 1.84. The van der Waals surface area contributed by atoms with Crippen molar-refractivity contribution in [3.63, 3.8) is 0 Å². The molecular weight excluding hydrogens is 429 g/mol. The third-order valence-electron chi connectivity index (χ3n) is 3.37. The lowest BCUT2D eigenvalue weighted by Gasteiger charge is -2.22. The van der Waals surface area contributed by atoms with Crippen molar-refractivity contribution in [2.24, 2.45) is 4.99 Å². The molecule has 0 aliphatic rings. The van der Waals surface area contributed by atoms with Gasteiger partial charge in [-0.1, -0.05) is 12.1 Å². The van der Waals surface area contributed by atoms with Crippen molar-refractivity contribution in [1.29, 1.82) is 0 Å².